The van der Waals surface area contributed by atoms with E-state index in [0.717, 1.165) is 41.0 Å². The summed E-state index contributed by atoms with van der Waals surface area (Å²) in [6.07, 6.45) is 6.23. The molecule has 2 amide bonds. The van der Waals surface area contributed by atoms with E-state index in [2.05, 4.69) is 22.3 Å². The number of aliphatic imine (C=N–C) groups is 1. The average molecular weight is 578 g/mol. The van der Waals surface area contributed by atoms with E-state index in [1.165, 1.54) is 28.0 Å². The summed E-state index contributed by atoms with van der Waals surface area (Å²) < 4.78 is 7.01. The normalized spacial score (nSPS) is 17.6. The van der Waals surface area contributed by atoms with Gasteiger partial charge in [-0.1, -0.05) is 36.9 Å². The monoisotopic (exact) mass is 577 g/mol. The third-order valence-electron chi connectivity index (χ3n) is 6.76. The van der Waals surface area contributed by atoms with Crippen LogP contribution in [-0.2, 0) is 34.2 Å². The summed E-state index contributed by atoms with van der Waals surface area (Å²) in [4.78, 5) is 46.7. The number of thioether (sulfide) groups is 1. The van der Waals surface area contributed by atoms with E-state index in [9.17, 15) is 14.4 Å². The number of fused-ring (bicyclic) bond motifs is 1. The maximum absolute atomic E-state index is 13.4. The summed E-state index contributed by atoms with van der Waals surface area (Å²) in [5, 5.41) is 8.22. The van der Waals surface area contributed by atoms with Crippen LogP contribution in [0.5, 0.6) is 0 Å². The van der Waals surface area contributed by atoms with E-state index in [1.54, 1.807) is 17.7 Å². The fraction of sp³-hybridized carbons (Fsp3) is 0.345. The molecule has 1 N–H and O–H groups in total. The molecule has 0 saturated carbocycles. The molecule has 5 rings (SSSR count). The average Bonchev–Trinajstić information content (AvgIpc) is 3.54. The number of aromatic nitrogens is 2. The lowest BCUT2D eigenvalue weighted by atomic mass is 9.88. The smallest absolute Gasteiger partial charge is 0.341 e. The first-order chi connectivity index (χ1) is 19.2. The van der Waals surface area contributed by atoms with Crippen LogP contribution in [0.15, 0.2) is 47.2 Å². The Balaban J connectivity index is 1.38. The van der Waals surface area contributed by atoms with Gasteiger partial charge in [-0.25, -0.2) is 9.79 Å². The minimum Gasteiger partial charge on any atom is -0.462 e. The number of ether oxygens (including phenoxy) is 1. The maximum atomic E-state index is 13.4. The number of nitrogens with one attached hydrogen (secondary N) is 1. The molecule has 1 aliphatic heterocycles. The standard InChI is InChI=1S/C29H31N5O4S2/c1-5-38-28(37)25-21-12-11-17(2)13-23(21)40-26(25)31-24(35)16-39-29-30-22(14-19-15-33(4)32-18(19)3)27(36)34(29)20-9-7-6-8-10-20/h6-10,14-15,17H,5,11-13,16H2,1-4H3,(H,31,35)/b22-14+/t17-/m1/s1. The summed E-state index contributed by atoms with van der Waals surface area (Å²) in [6.45, 7) is 6.11. The summed E-state index contributed by atoms with van der Waals surface area (Å²) in [7, 11) is 1.82. The molecule has 208 valence electrons. The van der Waals surface area contributed by atoms with Gasteiger partial charge < -0.3 is 10.1 Å². The van der Waals surface area contributed by atoms with Crippen LogP contribution in [0, 0.1) is 12.8 Å². The fourth-order valence-corrected chi connectivity index (χ4v) is 7.08. The molecular formula is C29H31N5O4S2. The van der Waals surface area contributed by atoms with Gasteiger partial charge >= 0.3 is 5.97 Å². The number of rotatable bonds is 7. The van der Waals surface area contributed by atoms with Gasteiger partial charge in [0.2, 0.25) is 5.91 Å². The van der Waals surface area contributed by atoms with Gasteiger partial charge in [0.1, 0.15) is 10.7 Å². The zero-order chi connectivity index (χ0) is 28.4. The maximum Gasteiger partial charge on any atom is 0.341 e. The van der Waals surface area contributed by atoms with Crippen molar-refractivity contribution < 1.29 is 19.1 Å². The Kier molecular flexibility index (Phi) is 8.22. The van der Waals surface area contributed by atoms with Gasteiger partial charge in [-0.15, -0.1) is 11.3 Å². The summed E-state index contributed by atoms with van der Waals surface area (Å²) >= 11 is 2.63. The predicted octanol–water partition coefficient (Wildman–Crippen LogP) is 5.21. The molecule has 0 saturated heterocycles. The second-order valence-corrected chi connectivity index (χ2v) is 11.9. The van der Waals surface area contributed by atoms with Crippen molar-refractivity contribution in [3.63, 3.8) is 0 Å². The number of hydrogen-bond donors (Lipinski definition) is 1. The third kappa shape index (κ3) is 5.75. The highest BCUT2D eigenvalue weighted by Crippen LogP contribution is 2.40. The van der Waals surface area contributed by atoms with Crippen LogP contribution < -0.4 is 10.2 Å². The zero-order valence-electron chi connectivity index (χ0n) is 22.9. The summed E-state index contributed by atoms with van der Waals surface area (Å²) in [5.74, 6) is -0.428. The lowest BCUT2D eigenvalue weighted by Crippen LogP contribution is -2.31. The minimum absolute atomic E-state index is 0.00980. The van der Waals surface area contributed by atoms with Crippen molar-refractivity contribution in [2.45, 2.75) is 40.0 Å². The highest BCUT2D eigenvalue weighted by atomic mass is 32.2. The van der Waals surface area contributed by atoms with Crippen molar-refractivity contribution >= 4 is 62.8 Å². The largest absolute Gasteiger partial charge is 0.462 e. The predicted molar refractivity (Wildman–Crippen MR) is 160 cm³/mol. The molecule has 3 aromatic rings. The first-order valence-electron chi connectivity index (χ1n) is 13.2. The van der Waals surface area contributed by atoms with Crippen LogP contribution in [-0.4, -0.2) is 45.1 Å². The molecule has 3 heterocycles. The Morgan fingerprint density at radius 3 is 2.75 bits per heavy atom. The van der Waals surface area contributed by atoms with Crippen LogP contribution in [0.4, 0.5) is 10.7 Å². The Bertz CT molecular complexity index is 1520. The molecule has 1 aromatic carbocycles. The van der Waals surface area contributed by atoms with Crippen LogP contribution in [0.25, 0.3) is 6.08 Å². The van der Waals surface area contributed by atoms with Gasteiger partial charge in [0, 0.05) is 23.7 Å². The van der Waals surface area contributed by atoms with Crippen molar-refractivity contribution in [3.8, 4) is 0 Å². The zero-order valence-corrected chi connectivity index (χ0v) is 24.5. The number of nitrogens with zero attached hydrogens (tertiary/aromatic N) is 4. The van der Waals surface area contributed by atoms with Gasteiger partial charge in [-0.3, -0.25) is 19.2 Å². The topological polar surface area (TPSA) is 106 Å². The molecule has 9 nitrogen and oxygen atoms in total. The van der Waals surface area contributed by atoms with Crippen LogP contribution in [0.3, 0.4) is 0 Å². The van der Waals surface area contributed by atoms with Gasteiger partial charge in [0.15, 0.2) is 5.17 Å². The Labute approximate surface area is 241 Å². The second kappa shape index (κ2) is 11.8. The number of amides is 2. The third-order valence-corrected chi connectivity index (χ3v) is 8.87. The van der Waals surface area contributed by atoms with Crippen molar-refractivity contribution in [3.05, 3.63) is 69.5 Å². The van der Waals surface area contributed by atoms with Crippen molar-refractivity contribution in [1.29, 1.82) is 0 Å². The molecule has 1 atom stereocenters. The summed E-state index contributed by atoms with van der Waals surface area (Å²) in [6, 6.07) is 9.23. The number of esters is 1. The highest BCUT2D eigenvalue weighted by Gasteiger charge is 2.33. The Hall–Kier alpha value is -3.70. The molecule has 1 aliphatic carbocycles. The van der Waals surface area contributed by atoms with Crippen molar-refractivity contribution in [2.24, 2.45) is 18.0 Å². The molecule has 0 radical (unpaired) electrons. The van der Waals surface area contributed by atoms with Crippen LogP contribution in [0.2, 0.25) is 0 Å². The molecule has 0 spiro atoms. The second-order valence-electron chi connectivity index (χ2n) is 9.86. The number of hydrogen-bond acceptors (Lipinski definition) is 8. The molecule has 40 heavy (non-hydrogen) atoms. The minimum atomic E-state index is -0.404. The number of para-hydroxylation sites is 1. The quantitative estimate of drug-likeness (QED) is 0.305. The number of benzene rings is 1. The van der Waals surface area contributed by atoms with Crippen LogP contribution in [0.1, 0.15) is 52.3 Å². The Morgan fingerprint density at radius 1 is 1.27 bits per heavy atom. The molecule has 11 heteroatoms. The van der Waals surface area contributed by atoms with E-state index in [0.29, 0.717) is 27.3 Å². The highest BCUT2D eigenvalue weighted by molar-refractivity contribution is 8.14. The lowest BCUT2D eigenvalue weighted by molar-refractivity contribution is -0.114. The number of amidine groups is 1. The summed E-state index contributed by atoms with van der Waals surface area (Å²) in [5.41, 5.74) is 3.99. The molecule has 2 aromatic heterocycles. The van der Waals surface area contributed by atoms with Gasteiger partial charge in [-0.2, -0.15) is 5.10 Å². The van der Waals surface area contributed by atoms with Crippen molar-refractivity contribution in [1.82, 2.24) is 9.78 Å². The number of thiophene rings is 1. The van der Waals surface area contributed by atoms with E-state index >= 15 is 0 Å². The number of aryl methyl sites for hydroxylation is 2. The molecule has 0 bridgehead atoms. The molecular weight excluding hydrogens is 546 g/mol. The van der Waals surface area contributed by atoms with Crippen molar-refractivity contribution in [2.75, 3.05) is 22.6 Å². The first kappa shape index (κ1) is 27.9. The SMILES string of the molecule is CCOC(=O)c1c(NC(=O)CSC2=N/C(=C/c3cn(C)nc3C)C(=O)N2c2ccccc2)sc2c1CC[C@@H](C)C2. The van der Waals surface area contributed by atoms with E-state index in [1.807, 2.05) is 50.5 Å². The first-order valence-corrected chi connectivity index (χ1v) is 15.0. The Morgan fingerprint density at radius 2 is 2.05 bits per heavy atom. The van der Waals surface area contributed by atoms with E-state index < -0.39 is 5.97 Å². The van der Waals surface area contributed by atoms with E-state index in [4.69, 9.17) is 4.74 Å². The lowest BCUT2D eigenvalue weighted by Gasteiger charge is -2.18. The molecule has 0 fully saturated rings. The number of carbonyl (C=O) groups is 3. The number of carbonyl (C=O) groups excluding carboxylic acids is 3. The van der Waals surface area contributed by atoms with Gasteiger partial charge in [0.25, 0.3) is 5.91 Å². The molecule has 0 unspecified atom stereocenters. The van der Waals surface area contributed by atoms with E-state index in [-0.39, 0.29) is 29.9 Å². The van der Waals surface area contributed by atoms with Crippen LogP contribution >= 0.6 is 23.1 Å². The van der Waals surface area contributed by atoms with Gasteiger partial charge in [-0.05, 0) is 62.8 Å². The molecule has 2 aliphatic rings. The van der Waals surface area contributed by atoms with Gasteiger partial charge in [0.05, 0.1) is 29.3 Å². The number of anilines is 2. The fourth-order valence-electron chi connectivity index (χ4n) is 4.86.